The van der Waals surface area contributed by atoms with Crippen molar-refractivity contribution in [2.24, 2.45) is 0 Å². The summed E-state index contributed by atoms with van der Waals surface area (Å²) in [5.74, 6) is 0.198. The predicted molar refractivity (Wildman–Crippen MR) is 55.4 cm³/mol. The lowest BCUT2D eigenvalue weighted by Crippen LogP contribution is -2.26. The summed E-state index contributed by atoms with van der Waals surface area (Å²) in [6.45, 7) is 0. The molecule has 0 saturated heterocycles. The van der Waals surface area contributed by atoms with Crippen molar-refractivity contribution < 1.29 is 26.3 Å². The molecular formula is C9H12F3NO3S. The second kappa shape index (κ2) is 4.59. The highest BCUT2D eigenvalue weighted by Crippen LogP contribution is 2.34. The Hall–Kier alpha value is -1.18. The molecule has 8 heteroatoms. The molecule has 1 aliphatic rings. The Bertz CT molecular complexity index is 462. The minimum atomic E-state index is -4.45. The molecule has 0 atom stereocenters. The Labute approximate surface area is 97.2 Å². The number of hydrogen-bond donors (Lipinski definition) is 1. The number of methoxy groups -OCH3 is 1. The second-order valence-electron chi connectivity index (χ2n) is 3.58. The van der Waals surface area contributed by atoms with Gasteiger partial charge >= 0.3 is 6.18 Å². The Morgan fingerprint density at radius 2 is 1.94 bits per heavy atom. The SMILES string of the molecule is COC1=C(NS(C)(=O)=O)C=C(C(F)(F)F)CC1. The summed E-state index contributed by atoms with van der Waals surface area (Å²) in [4.78, 5) is 0. The molecular weight excluding hydrogens is 259 g/mol. The lowest BCUT2D eigenvalue weighted by atomic mass is 10.0. The molecule has 0 saturated carbocycles. The molecule has 0 radical (unpaired) electrons. The van der Waals surface area contributed by atoms with Crippen LogP contribution in [-0.2, 0) is 14.8 Å². The predicted octanol–water partition coefficient (Wildman–Crippen LogP) is 1.68. The van der Waals surface area contributed by atoms with Crippen LogP contribution < -0.4 is 4.72 Å². The molecule has 0 bridgehead atoms. The van der Waals surface area contributed by atoms with Gasteiger partial charge in [-0.25, -0.2) is 8.42 Å². The van der Waals surface area contributed by atoms with Gasteiger partial charge in [-0.15, -0.1) is 0 Å². The van der Waals surface area contributed by atoms with E-state index in [0.717, 1.165) is 12.3 Å². The van der Waals surface area contributed by atoms with E-state index in [1.807, 2.05) is 4.72 Å². The molecule has 0 aromatic heterocycles. The highest BCUT2D eigenvalue weighted by Gasteiger charge is 2.35. The summed E-state index contributed by atoms with van der Waals surface area (Å²) in [5, 5.41) is 0. The van der Waals surface area contributed by atoms with Crippen molar-refractivity contribution in [1.82, 2.24) is 4.72 Å². The number of rotatable bonds is 3. The van der Waals surface area contributed by atoms with Crippen molar-refractivity contribution in [1.29, 1.82) is 0 Å². The zero-order valence-electron chi connectivity index (χ0n) is 9.26. The van der Waals surface area contributed by atoms with Gasteiger partial charge in [-0.2, -0.15) is 13.2 Å². The molecule has 0 aromatic rings. The third kappa shape index (κ3) is 3.95. The third-order valence-corrected chi connectivity index (χ3v) is 2.74. The maximum absolute atomic E-state index is 12.5. The van der Waals surface area contributed by atoms with Crippen LogP contribution >= 0.6 is 0 Å². The highest BCUT2D eigenvalue weighted by molar-refractivity contribution is 7.88. The first-order valence-electron chi connectivity index (χ1n) is 4.66. The van der Waals surface area contributed by atoms with Gasteiger partial charge in [0.2, 0.25) is 10.0 Å². The van der Waals surface area contributed by atoms with Gasteiger partial charge in [-0.3, -0.25) is 4.72 Å². The molecule has 0 aromatic carbocycles. The number of halogens is 3. The van der Waals surface area contributed by atoms with Crippen LogP contribution in [0.15, 0.2) is 23.1 Å². The van der Waals surface area contributed by atoms with Gasteiger partial charge in [0.1, 0.15) is 5.76 Å². The normalized spacial score (nSPS) is 17.8. The van der Waals surface area contributed by atoms with E-state index in [-0.39, 0.29) is 24.3 Å². The van der Waals surface area contributed by atoms with Crippen molar-refractivity contribution in [2.75, 3.05) is 13.4 Å². The zero-order chi connectivity index (χ0) is 13.3. The first-order chi connectivity index (χ1) is 7.63. The van der Waals surface area contributed by atoms with Gasteiger partial charge in [-0.1, -0.05) is 0 Å². The smallest absolute Gasteiger partial charge is 0.412 e. The fourth-order valence-electron chi connectivity index (χ4n) is 1.43. The van der Waals surface area contributed by atoms with Crippen molar-refractivity contribution in [2.45, 2.75) is 19.0 Å². The van der Waals surface area contributed by atoms with E-state index in [4.69, 9.17) is 4.74 Å². The monoisotopic (exact) mass is 271 g/mol. The first-order valence-corrected chi connectivity index (χ1v) is 6.55. The van der Waals surface area contributed by atoms with Crippen LogP contribution in [0.1, 0.15) is 12.8 Å². The van der Waals surface area contributed by atoms with E-state index in [1.54, 1.807) is 0 Å². The number of allylic oxidation sites excluding steroid dienone is 3. The molecule has 98 valence electrons. The van der Waals surface area contributed by atoms with Gasteiger partial charge in [0, 0.05) is 12.0 Å². The van der Waals surface area contributed by atoms with Crippen LogP contribution in [0.5, 0.6) is 0 Å². The molecule has 4 nitrogen and oxygen atoms in total. The standard InChI is InChI=1S/C9H12F3NO3S/c1-16-8-4-3-6(9(10,11)12)5-7(8)13-17(2,14)15/h5,13H,3-4H2,1-2H3. The summed E-state index contributed by atoms with van der Waals surface area (Å²) in [6.07, 6.45) is -3.03. The highest BCUT2D eigenvalue weighted by atomic mass is 32.2. The lowest BCUT2D eigenvalue weighted by molar-refractivity contribution is -0.0945. The number of sulfonamides is 1. The third-order valence-electron chi connectivity index (χ3n) is 2.15. The van der Waals surface area contributed by atoms with Crippen molar-refractivity contribution in [3.8, 4) is 0 Å². The van der Waals surface area contributed by atoms with Gasteiger partial charge < -0.3 is 4.74 Å². The van der Waals surface area contributed by atoms with Crippen LogP contribution in [0.2, 0.25) is 0 Å². The Balaban J connectivity index is 3.11. The van der Waals surface area contributed by atoms with Crippen LogP contribution in [0.3, 0.4) is 0 Å². The van der Waals surface area contributed by atoms with Gasteiger partial charge in [0.25, 0.3) is 0 Å². The lowest BCUT2D eigenvalue weighted by Gasteiger charge is -2.21. The minimum absolute atomic E-state index is 0.0136. The maximum Gasteiger partial charge on any atom is 0.412 e. The van der Waals surface area contributed by atoms with E-state index < -0.39 is 21.8 Å². The molecule has 0 amide bonds. The molecule has 17 heavy (non-hydrogen) atoms. The number of hydrogen-bond acceptors (Lipinski definition) is 3. The van der Waals surface area contributed by atoms with Crippen molar-refractivity contribution >= 4 is 10.0 Å². The summed E-state index contributed by atoms with van der Waals surface area (Å²) >= 11 is 0. The molecule has 0 spiro atoms. The summed E-state index contributed by atoms with van der Waals surface area (Å²) in [6, 6.07) is 0. The van der Waals surface area contributed by atoms with E-state index in [0.29, 0.717) is 0 Å². The summed E-state index contributed by atoms with van der Waals surface area (Å²) in [5.41, 5.74) is -0.932. The van der Waals surface area contributed by atoms with E-state index >= 15 is 0 Å². The maximum atomic E-state index is 12.5. The fourth-order valence-corrected chi connectivity index (χ4v) is 2.00. The Kier molecular flexibility index (Phi) is 3.75. The summed E-state index contributed by atoms with van der Waals surface area (Å²) < 4.78 is 66.3. The second-order valence-corrected chi connectivity index (χ2v) is 5.33. The number of ether oxygens (including phenoxy) is 1. The Morgan fingerprint density at radius 1 is 1.35 bits per heavy atom. The van der Waals surface area contributed by atoms with E-state index in [1.165, 1.54) is 7.11 Å². The molecule has 1 aliphatic carbocycles. The fraction of sp³-hybridized carbons (Fsp3) is 0.556. The molecule has 1 N–H and O–H groups in total. The zero-order valence-corrected chi connectivity index (χ0v) is 10.1. The Morgan fingerprint density at radius 3 is 2.35 bits per heavy atom. The van der Waals surface area contributed by atoms with Crippen LogP contribution in [0, 0.1) is 0 Å². The van der Waals surface area contributed by atoms with Crippen LogP contribution in [0.25, 0.3) is 0 Å². The average Bonchev–Trinajstić information content (AvgIpc) is 2.13. The minimum Gasteiger partial charge on any atom is -0.499 e. The summed E-state index contributed by atoms with van der Waals surface area (Å²) in [7, 11) is -2.35. The quantitative estimate of drug-likeness (QED) is 0.849. The largest absolute Gasteiger partial charge is 0.499 e. The van der Waals surface area contributed by atoms with Crippen molar-refractivity contribution in [3.05, 3.63) is 23.1 Å². The number of nitrogens with one attached hydrogen (secondary N) is 1. The topological polar surface area (TPSA) is 55.4 Å². The molecule has 0 unspecified atom stereocenters. The molecule has 1 rings (SSSR count). The van der Waals surface area contributed by atoms with E-state index in [9.17, 15) is 21.6 Å². The van der Waals surface area contributed by atoms with Gasteiger partial charge in [0.05, 0.1) is 19.1 Å². The first kappa shape index (κ1) is 13.9. The van der Waals surface area contributed by atoms with Crippen molar-refractivity contribution in [3.63, 3.8) is 0 Å². The molecule has 0 heterocycles. The van der Waals surface area contributed by atoms with Gasteiger partial charge in [-0.05, 0) is 12.5 Å². The van der Waals surface area contributed by atoms with Crippen LogP contribution in [-0.4, -0.2) is 28.0 Å². The average molecular weight is 271 g/mol. The molecule has 0 fully saturated rings. The number of alkyl halides is 3. The van der Waals surface area contributed by atoms with Crippen LogP contribution in [0.4, 0.5) is 13.2 Å². The molecule has 0 aliphatic heterocycles. The van der Waals surface area contributed by atoms with E-state index in [2.05, 4.69) is 0 Å². The van der Waals surface area contributed by atoms with Gasteiger partial charge in [0.15, 0.2) is 0 Å².